The summed E-state index contributed by atoms with van der Waals surface area (Å²) in [6, 6.07) is 6.39. The van der Waals surface area contributed by atoms with Gasteiger partial charge in [-0.05, 0) is 44.2 Å². The number of hydrogen-bond donors (Lipinski definition) is 6. The van der Waals surface area contributed by atoms with E-state index < -0.39 is 6.03 Å². The summed E-state index contributed by atoms with van der Waals surface area (Å²) >= 11 is 0. The second-order valence-corrected chi connectivity index (χ2v) is 10.5. The Balaban J connectivity index is 1.47. The van der Waals surface area contributed by atoms with Crippen LogP contribution in [0.1, 0.15) is 62.4 Å². The molecule has 2 aromatic heterocycles. The molecule has 0 radical (unpaired) electrons. The number of hydrogen-bond acceptors (Lipinski definition) is 6. The van der Waals surface area contributed by atoms with E-state index in [1.165, 1.54) is 0 Å². The van der Waals surface area contributed by atoms with Gasteiger partial charge in [-0.3, -0.25) is 14.9 Å². The van der Waals surface area contributed by atoms with Crippen molar-refractivity contribution in [3.63, 3.8) is 0 Å². The molecule has 0 bridgehead atoms. The quantitative estimate of drug-likeness (QED) is 0.177. The van der Waals surface area contributed by atoms with E-state index in [4.69, 9.17) is 4.52 Å². The average molecular weight is 534 g/mol. The van der Waals surface area contributed by atoms with E-state index >= 15 is 0 Å². The average Bonchev–Trinajstić information content (AvgIpc) is 3.52. The molecule has 0 fully saturated rings. The van der Waals surface area contributed by atoms with Gasteiger partial charge in [-0.25, -0.2) is 4.79 Å². The zero-order valence-corrected chi connectivity index (χ0v) is 23.1. The molecule has 1 aromatic carbocycles. The van der Waals surface area contributed by atoms with Gasteiger partial charge in [0.2, 0.25) is 5.91 Å². The number of aromatic amines is 1. The second kappa shape index (κ2) is 11.2. The maximum absolute atomic E-state index is 12.8. The Morgan fingerprint density at radius 3 is 2.56 bits per heavy atom. The van der Waals surface area contributed by atoms with E-state index in [1.807, 2.05) is 41.5 Å². The van der Waals surface area contributed by atoms with Crippen LogP contribution in [0.25, 0.3) is 11.6 Å². The van der Waals surface area contributed by atoms with E-state index in [0.717, 1.165) is 23.5 Å². The number of H-pyrrole nitrogens is 1. The van der Waals surface area contributed by atoms with Gasteiger partial charge in [-0.2, -0.15) is 0 Å². The van der Waals surface area contributed by atoms with Crippen LogP contribution in [0, 0.1) is 13.8 Å². The van der Waals surface area contributed by atoms with Crippen LogP contribution in [-0.2, 0) is 15.0 Å². The normalized spacial score (nSPS) is 13.8. The van der Waals surface area contributed by atoms with Crippen molar-refractivity contribution in [1.82, 2.24) is 15.5 Å². The van der Waals surface area contributed by atoms with Gasteiger partial charge in [0.1, 0.15) is 5.76 Å². The summed E-state index contributed by atoms with van der Waals surface area (Å²) in [5.74, 6) is 0.629. The molecule has 6 N–H and O–H groups in total. The number of fused-ring (bicyclic) bond motifs is 1. The first kappa shape index (κ1) is 27.6. The molecular formula is C28H35N7O4. The monoisotopic (exact) mass is 533 g/mol. The predicted molar refractivity (Wildman–Crippen MR) is 153 cm³/mol. The SMILES string of the molecule is CCNCCC(=O)Nc1c(C)[nH]c(/C=C2\C(=O)Nc3cc(NC(=O)Nc4cc(C(C)(C)C)on4)ccc32)c1C. The number of nitrogens with one attached hydrogen (secondary N) is 6. The van der Waals surface area contributed by atoms with Gasteiger partial charge in [0.15, 0.2) is 5.82 Å². The van der Waals surface area contributed by atoms with Crippen molar-refractivity contribution in [1.29, 1.82) is 0 Å². The molecule has 4 amide bonds. The van der Waals surface area contributed by atoms with Gasteiger partial charge in [-0.1, -0.05) is 38.9 Å². The Labute approximate surface area is 227 Å². The van der Waals surface area contributed by atoms with E-state index in [9.17, 15) is 14.4 Å². The number of benzene rings is 1. The van der Waals surface area contributed by atoms with Crippen molar-refractivity contribution in [2.75, 3.05) is 34.4 Å². The minimum atomic E-state index is -0.485. The Bertz CT molecular complexity index is 1440. The number of anilines is 4. The highest BCUT2D eigenvalue weighted by atomic mass is 16.5. The summed E-state index contributed by atoms with van der Waals surface area (Å²) < 4.78 is 5.30. The molecule has 3 aromatic rings. The summed E-state index contributed by atoms with van der Waals surface area (Å²) in [5, 5.41) is 18.3. The van der Waals surface area contributed by atoms with Crippen molar-refractivity contribution >= 4 is 52.4 Å². The molecule has 39 heavy (non-hydrogen) atoms. The molecule has 0 aliphatic carbocycles. The van der Waals surface area contributed by atoms with Gasteiger partial charge in [0, 0.05) is 47.1 Å². The van der Waals surface area contributed by atoms with E-state index in [1.54, 1.807) is 30.3 Å². The lowest BCUT2D eigenvalue weighted by Crippen LogP contribution is -2.21. The van der Waals surface area contributed by atoms with E-state index in [0.29, 0.717) is 52.7 Å². The summed E-state index contributed by atoms with van der Waals surface area (Å²) in [4.78, 5) is 40.9. The zero-order valence-electron chi connectivity index (χ0n) is 23.1. The summed E-state index contributed by atoms with van der Waals surface area (Å²) in [5.41, 5.74) is 5.14. The fourth-order valence-corrected chi connectivity index (χ4v) is 4.21. The maximum Gasteiger partial charge on any atom is 0.324 e. The molecule has 0 saturated heterocycles. The standard InChI is InChI=1S/C28H35N7O4/c1-7-29-11-10-24(36)34-25-15(2)20(30-16(25)3)13-19-18-9-8-17(12-21(18)32-26(19)37)31-27(38)33-23-14-22(39-35-23)28(4,5)6/h8-9,12-14,29-30H,7,10-11H2,1-6H3,(H,32,37)(H,34,36)(H2,31,33,35,38)/b19-13-. The minimum Gasteiger partial charge on any atom is -0.359 e. The summed E-state index contributed by atoms with van der Waals surface area (Å²) in [7, 11) is 0. The van der Waals surface area contributed by atoms with Crippen LogP contribution in [0.15, 0.2) is 28.8 Å². The largest absolute Gasteiger partial charge is 0.359 e. The highest BCUT2D eigenvalue weighted by Gasteiger charge is 2.26. The molecule has 206 valence electrons. The molecule has 0 spiro atoms. The highest BCUT2D eigenvalue weighted by molar-refractivity contribution is 6.35. The van der Waals surface area contributed by atoms with Gasteiger partial charge >= 0.3 is 6.03 Å². The van der Waals surface area contributed by atoms with Gasteiger partial charge in [0.25, 0.3) is 5.91 Å². The first-order chi connectivity index (χ1) is 18.5. The van der Waals surface area contributed by atoms with Gasteiger partial charge in [0.05, 0.1) is 16.9 Å². The molecule has 0 unspecified atom stereocenters. The van der Waals surface area contributed by atoms with Crippen LogP contribution in [0.2, 0.25) is 0 Å². The van der Waals surface area contributed by atoms with Crippen molar-refractivity contribution in [2.24, 2.45) is 0 Å². The molecule has 11 heteroatoms. The molecule has 11 nitrogen and oxygen atoms in total. The number of aryl methyl sites for hydroxylation is 1. The summed E-state index contributed by atoms with van der Waals surface area (Å²) in [6.07, 6.45) is 2.14. The Morgan fingerprint density at radius 2 is 1.87 bits per heavy atom. The smallest absolute Gasteiger partial charge is 0.324 e. The third-order valence-corrected chi connectivity index (χ3v) is 6.36. The summed E-state index contributed by atoms with van der Waals surface area (Å²) in [6.45, 7) is 13.1. The van der Waals surface area contributed by atoms with Crippen molar-refractivity contribution in [3.8, 4) is 0 Å². The molecule has 0 saturated carbocycles. The number of carbonyl (C=O) groups excluding carboxylic acids is 3. The Hall–Kier alpha value is -4.38. The highest BCUT2D eigenvalue weighted by Crippen LogP contribution is 2.36. The lowest BCUT2D eigenvalue weighted by Gasteiger charge is -2.12. The molecule has 3 heterocycles. The lowest BCUT2D eigenvalue weighted by atomic mass is 9.93. The number of amides is 4. The van der Waals surface area contributed by atoms with E-state index in [-0.39, 0.29) is 17.2 Å². The molecular weight excluding hydrogens is 498 g/mol. The van der Waals surface area contributed by atoms with Crippen LogP contribution in [0.4, 0.5) is 27.7 Å². The first-order valence-electron chi connectivity index (χ1n) is 12.9. The number of nitrogens with zero attached hydrogens (tertiary/aromatic N) is 1. The fraction of sp³-hybridized carbons (Fsp3) is 0.357. The van der Waals surface area contributed by atoms with Crippen LogP contribution in [-0.4, -0.2) is 41.1 Å². The van der Waals surface area contributed by atoms with Crippen molar-refractivity contribution in [2.45, 2.75) is 53.4 Å². The molecule has 1 aliphatic heterocycles. The van der Waals surface area contributed by atoms with Crippen LogP contribution in [0.3, 0.4) is 0 Å². The minimum absolute atomic E-state index is 0.0773. The predicted octanol–water partition coefficient (Wildman–Crippen LogP) is 4.99. The van der Waals surface area contributed by atoms with Crippen molar-refractivity contribution in [3.05, 3.63) is 52.5 Å². The van der Waals surface area contributed by atoms with Crippen LogP contribution in [0.5, 0.6) is 0 Å². The van der Waals surface area contributed by atoms with Crippen LogP contribution < -0.4 is 26.6 Å². The number of aromatic nitrogens is 2. The third-order valence-electron chi connectivity index (χ3n) is 6.36. The van der Waals surface area contributed by atoms with Gasteiger partial charge in [-0.15, -0.1) is 0 Å². The number of urea groups is 1. The third kappa shape index (κ3) is 6.37. The lowest BCUT2D eigenvalue weighted by molar-refractivity contribution is -0.116. The van der Waals surface area contributed by atoms with E-state index in [2.05, 4.69) is 36.7 Å². The Morgan fingerprint density at radius 1 is 1.10 bits per heavy atom. The first-order valence-corrected chi connectivity index (χ1v) is 12.9. The number of rotatable bonds is 8. The molecule has 4 rings (SSSR count). The zero-order chi connectivity index (χ0) is 28.3. The molecule has 0 atom stereocenters. The van der Waals surface area contributed by atoms with Crippen LogP contribution >= 0.6 is 0 Å². The Kier molecular flexibility index (Phi) is 7.91. The molecule has 1 aliphatic rings. The second-order valence-electron chi connectivity index (χ2n) is 10.5. The topological polar surface area (TPSA) is 153 Å². The fourth-order valence-electron chi connectivity index (χ4n) is 4.21. The number of carbonyl (C=O) groups is 3. The van der Waals surface area contributed by atoms with Gasteiger partial charge < -0.3 is 30.8 Å². The maximum atomic E-state index is 12.8. The van der Waals surface area contributed by atoms with Crippen molar-refractivity contribution < 1.29 is 18.9 Å².